The number of nitrogens with zero attached hydrogens (tertiary/aromatic N) is 2. The molecule has 0 radical (unpaired) electrons. The molecule has 0 unspecified atom stereocenters. The summed E-state index contributed by atoms with van der Waals surface area (Å²) in [6.45, 7) is 8.19. The lowest BCUT2D eigenvalue weighted by Crippen LogP contribution is -2.28. The van der Waals surface area contributed by atoms with Gasteiger partial charge in [-0.05, 0) is 6.92 Å². The van der Waals surface area contributed by atoms with Gasteiger partial charge in [-0.15, -0.1) is 0 Å². The Morgan fingerprint density at radius 2 is 2.14 bits per heavy atom. The van der Waals surface area contributed by atoms with Gasteiger partial charge in [-0.2, -0.15) is 5.10 Å². The third kappa shape index (κ3) is 3.38. The van der Waals surface area contributed by atoms with Crippen LogP contribution in [-0.4, -0.2) is 28.9 Å². The van der Waals surface area contributed by atoms with E-state index in [1.54, 1.807) is 0 Å². The maximum Gasteiger partial charge on any atom is 0.124 e. The van der Waals surface area contributed by atoms with Crippen LogP contribution in [0.25, 0.3) is 0 Å². The summed E-state index contributed by atoms with van der Waals surface area (Å²) >= 11 is 0. The van der Waals surface area contributed by atoms with Gasteiger partial charge in [0.15, 0.2) is 0 Å². The first-order valence-electron chi connectivity index (χ1n) is 5.07. The van der Waals surface area contributed by atoms with Crippen molar-refractivity contribution in [1.29, 1.82) is 0 Å². The lowest BCUT2D eigenvalue weighted by atomic mass is 10.4. The van der Waals surface area contributed by atoms with E-state index in [0.717, 1.165) is 24.6 Å². The highest BCUT2D eigenvalue weighted by molar-refractivity contribution is 5.36. The van der Waals surface area contributed by atoms with Crippen LogP contribution in [0.15, 0.2) is 6.07 Å². The van der Waals surface area contributed by atoms with Crippen LogP contribution >= 0.6 is 0 Å². The number of nitrogens with one attached hydrogen (secondary N) is 2. The molecule has 1 aromatic rings. The summed E-state index contributed by atoms with van der Waals surface area (Å²) in [6.07, 6.45) is 0. The SMILES string of the molecule is Cc1cc(NCCNC(C)C)n(C)n1. The molecular formula is C10H20N4. The summed E-state index contributed by atoms with van der Waals surface area (Å²) in [5.74, 6) is 1.08. The van der Waals surface area contributed by atoms with Crippen molar-refractivity contribution in [3.63, 3.8) is 0 Å². The molecule has 0 bridgehead atoms. The van der Waals surface area contributed by atoms with E-state index in [1.165, 1.54) is 0 Å². The van der Waals surface area contributed by atoms with Crippen LogP contribution in [0.2, 0.25) is 0 Å². The number of hydrogen-bond acceptors (Lipinski definition) is 3. The first kappa shape index (κ1) is 11.0. The molecule has 14 heavy (non-hydrogen) atoms. The Labute approximate surface area is 85.7 Å². The molecule has 4 nitrogen and oxygen atoms in total. The number of hydrogen-bond donors (Lipinski definition) is 2. The zero-order valence-electron chi connectivity index (χ0n) is 9.46. The smallest absolute Gasteiger partial charge is 0.124 e. The number of rotatable bonds is 5. The molecule has 0 fully saturated rings. The van der Waals surface area contributed by atoms with Gasteiger partial charge in [-0.3, -0.25) is 4.68 Å². The maximum atomic E-state index is 4.26. The second-order valence-electron chi connectivity index (χ2n) is 3.83. The fraction of sp³-hybridized carbons (Fsp3) is 0.700. The molecule has 0 aliphatic carbocycles. The molecular weight excluding hydrogens is 176 g/mol. The van der Waals surface area contributed by atoms with E-state index in [9.17, 15) is 0 Å². The number of aromatic nitrogens is 2. The molecule has 1 rings (SSSR count). The van der Waals surface area contributed by atoms with Gasteiger partial charge >= 0.3 is 0 Å². The highest BCUT2D eigenvalue weighted by Gasteiger charge is 1.99. The van der Waals surface area contributed by atoms with Gasteiger partial charge in [0, 0.05) is 32.2 Å². The normalized spacial score (nSPS) is 10.9. The maximum absolute atomic E-state index is 4.26. The standard InChI is InChI=1S/C10H20N4/c1-8(2)11-5-6-12-10-7-9(3)13-14(10)4/h7-8,11-12H,5-6H2,1-4H3. The molecule has 0 saturated heterocycles. The van der Waals surface area contributed by atoms with E-state index in [4.69, 9.17) is 0 Å². The summed E-state index contributed by atoms with van der Waals surface area (Å²) < 4.78 is 1.87. The fourth-order valence-electron chi connectivity index (χ4n) is 1.33. The van der Waals surface area contributed by atoms with Gasteiger partial charge in [0.25, 0.3) is 0 Å². The first-order valence-corrected chi connectivity index (χ1v) is 5.07. The van der Waals surface area contributed by atoms with E-state index in [1.807, 2.05) is 18.7 Å². The molecule has 0 atom stereocenters. The van der Waals surface area contributed by atoms with Crippen molar-refractivity contribution in [1.82, 2.24) is 15.1 Å². The third-order valence-corrected chi connectivity index (χ3v) is 1.99. The first-order chi connectivity index (χ1) is 6.59. The predicted octanol–water partition coefficient (Wildman–Crippen LogP) is 1.14. The molecule has 1 heterocycles. The summed E-state index contributed by atoms with van der Waals surface area (Å²) in [7, 11) is 1.95. The Morgan fingerprint density at radius 3 is 2.64 bits per heavy atom. The fourth-order valence-corrected chi connectivity index (χ4v) is 1.33. The van der Waals surface area contributed by atoms with E-state index in [0.29, 0.717) is 6.04 Å². The van der Waals surface area contributed by atoms with Crippen LogP contribution in [0.1, 0.15) is 19.5 Å². The quantitative estimate of drug-likeness (QED) is 0.694. The van der Waals surface area contributed by atoms with Crippen LogP contribution in [0.5, 0.6) is 0 Å². The lowest BCUT2D eigenvalue weighted by Gasteiger charge is -2.09. The van der Waals surface area contributed by atoms with Crippen molar-refractivity contribution in [2.75, 3.05) is 18.4 Å². The minimum absolute atomic E-state index is 0.546. The lowest BCUT2D eigenvalue weighted by molar-refractivity contribution is 0.600. The second-order valence-corrected chi connectivity index (χ2v) is 3.83. The minimum atomic E-state index is 0.546. The van der Waals surface area contributed by atoms with Gasteiger partial charge in [-0.1, -0.05) is 13.8 Å². The monoisotopic (exact) mass is 196 g/mol. The Morgan fingerprint density at radius 1 is 1.43 bits per heavy atom. The molecule has 0 amide bonds. The number of anilines is 1. The largest absolute Gasteiger partial charge is 0.369 e. The summed E-state index contributed by atoms with van der Waals surface area (Å²) in [4.78, 5) is 0. The molecule has 2 N–H and O–H groups in total. The second kappa shape index (κ2) is 5.00. The Kier molecular flexibility index (Phi) is 3.95. The summed E-state index contributed by atoms with van der Waals surface area (Å²) in [6, 6.07) is 2.60. The highest BCUT2D eigenvalue weighted by Crippen LogP contribution is 2.06. The van der Waals surface area contributed by atoms with Gasteiger partial charge in [0.2, 0.25) is 0 Å². The summed E-state index contributed by atoms with van der Waals surface area (Å²) in [5.41, 5.74) is 1.05. The van der Waals surface area contributed by atoms with Crippen LogP contribution in [0.3, 0.4) is 0 Å². The van der Waals surface area contributed by atoms with Gasteiger partial charge < -0.3 is 10.6 Å². The Balaban J connectivity index is 2.28. The van der Waals surface area contributed by atoms with Gasteiger partial charge in [0.05, 0.1) is 5.69 Å². The zero-order valence-corrected chi connectivity index (χ0v) is 9.46. The van der Waals surface area contributed by atoms with Crippen molar-refractivity contribution < 1.29 is 0 Å². The van der Waals surface area contributed by atoms with E-state index in [2.05, 4.69) is 35.6 Å². The molecule has 0 aliphatic rings. The summed E-state index contributed by atoms with van der Waals surface area (Å²) in [5, 5.41) is 10.9. The van der Waals surface area contributed by atoms with Crippen LogP contribution in [0, 0.1) is 6.92 Å². The number of aryl methyl sites for hydroxylation is 2. The van der Waals surface area contributed by atoms with Crippen LogP contribution in [-0.2, 0) is 7.05 Å². The van der Waals surface area contributed by atoms with Crippen molar-refractivity contribution in [3.8, 4) is 0 Å². The van der Waals surface area contributed by atoms with Crippen molar-refractivity contribution in [2.45, 2.75) is 26.8 Å². The van der Waals surface area contributed by atoms with Crippen molar-refractivity contribution in [2.24, 2.45) is 7.05 Å². The minimum Gasteiger partial charge on any atom is -0.369 e. The predicted molar refractivity (Wildman–Crippen MR) is 59.6 cm³/mol. The molecule has 0 saturated carbocycles. The molecule has 0 aromatic carbocycles. The van der Waals surface area contributed by atoms with Crippen molar-refractivity contribution >= 4 is 5.82 Å². The molecule has 0 spiro atoms. The van der Waals surface area contributed by atoms with E-state index in [-0.39, 0.29) is 0 Å². The zero-order chi connectivity index (χ0) is 10.6. The van der Waals surface area contributed by atoms with Gasteiger partial charge in [0.1, 0.15) is 5.82 Å². The van der Waals surface area contributed by atoms with E-state index < -0.39 is 0 Å². The average Bonchev–Trinajstić information content (AvgIpc) is 2.39. The molecule has 4 heteroatoms. The van der Waals surface area contributed by atoms with Crippen LogP contribution in [0.4, 0.5) is 5.82 Å². The third-order valence-electron chi connectivity index (χ3n) is 1.99. The van der Waals surface area contributed by atoms with Gasteiger partial charge in [-0.25, -0.2) is 0 Å². The highest BCUT2D eigenvalue weighted by atomic mass is 15.3. The molecule has 80 valence electrons. The Bertz CT molecular complexity index is 278. The average molecular weight is 196 g/mol. The van der Waals surface area contributed by atoms with Crippen molar-refractivity contribution in [3.05, 3.63) is 11.8 Å². The van der Waals surface area contributed by atoms with E-state index >= 15 is 0 Å². The Hall–Kier alpha value is -1.03. The topological polar surface area (TPSA) is 41.9 Å². The molecule has 1 aromatic heterocycles. The molecule has 0 aliphatic heterocycles. The van der Waals surface area contributed by atoms with Crippen LogP contribution < -0.4 is 10.6 Å².